The van der Waals surface area contributed by atoms with Crippen LogP contribution in [-0.2, 0) is 9.53 Å². The lowest BCUT2D eigenvalue weighted by molar-refractivity contribution is -0.116. The second kappa shape index (κ2) is 8.55. The molecule has 4 rings (SSSR count). The van der Waals surface area contributed by atoms with Gasteiger partial charge in [-0.2, -0.15) is 5.10 Å². The number of carbonyl (C=O) groups is 2. The van der Waals surface area contributed by atoms with Gasteiger partial charge in [0.05, 0.1) is 34.0 Å². The van der Waals surface area contributed by atoms with Gasteiger partial charge >= 0.3 is 5.97 Å². The number of fused-ring (bicyclic) bond motifs is 1. The fraction of sp³-hybridized carbons (Fsp3) is 0.0952. The van der Waals surface area contributed by atoms with E-state index in [4.69, 9.17) is 27.9 Å². The van der Waals surface area contributed by atoms with Crippen molar-refractivity contribution >= 4 is 57.5 Å². The van der Waals surface area contributed by atoms with Crippen LogP contribution in [0.25, 0.3) is 5.57 Å². The molecule has 0 saturated carbocycles. The SMILES string of the molecule is COC(=O)c1ccccc1SC1=NN2CNC(=O)C(c3c(Cl)cccc3Cl)=C2C=C1. The minimum absolute atomic E-state index is 0.201. The number of esters is 1. The van der Waals surface area contributed by atoms with Gasteiger partial charge in [-0.05, 0) is 36.4 Å². The number of nitrogens with one attached hydrogen (secondary N) is 1. The van der Waals surface area contributed by atoms with Gasteiger partial charge in [0.25, 0.3) is 5.91 Å². The van der Waals surface area contributed by atoms with Gasteiger partial charge in [0.1, 0.15) is 11.7 Å². The smallest absolute Gasteiger partial charge is 0.339 e. The molecule has 2 aliphatic rings. The minimum Gasteiger partial charge on any atom is -0.465 e. The number of methoxy groups -OCH3 is 1. The topological polar surface area (TPSA) is 71.0 Å². The van der Waals surface area contributed by atoms with Crippen LogP contribution in [0.4, 0.5) is 0 Å². The lowest BCUT2D eigenvalue weighted by Crippen LogP contribution is -2.42. The number of hydrogen-bond donors (Lipinski definition) is 1. The molecule has 9 heteroatoms. The van der Waals surface area contributed by atoms with Gasteiger partial charge in [-0.3, -0.25) is 4.79 Å². The summed E-state index contributed by atoms with van der Waals surface area (Å²) in [5.74, 6) is -0.691. The second-order valence-corrected chi connectivity index (χ2v) is 8.16. The Morgan fingerprint density at radius 3 is 2.60 bits per heavy atom. The van der Waals surface area contributed by atoms with Gasteiger partial charge in [-0.15, -0.1) is 0 Å². The Balaban J connectivity index is 1.71. The Morgan fingerprint density at radius 2 is 1.87 bits per heavy atom. The molecule has 30 heavy (non-hydrogen) atoms. The van der Waals surface area contributed by atoms with Crippen molar-refractivity contribution in [2.75, 3.05) is 13.8 Å². The van der Waals surface area contributed by atoms with Crippen molar-refractivity contribution in [2.45, 2.75) is 4.90 Å². The number of thioether (sulfide) groups is 1. The standard InChI is InChI=1S/C21H15Cl2N3O3S/c1-29-21(28)12-5-2-3-8-16(12)30-17-10-9-15-19(20(27)24-11-26(15)25-17)18-13(22)6-4-7-14(18)23/h2-10H,11H2,1H3,(H,24,27). The molecule has 2 aromatic carbocycles. The first-order valence-corrected chi connectivity index (χ1v) is 10.4. The normalized spacial score (nSPS) is 15.5. The van der Waals surface area contributed by atoms with Crippen LogP contribution in [0.2, 0.25) is 10.0 Å². The summed E-state index contributed by atoms with van der Waals surface area (Å²) < 4.78 is 4.85. The van der Waals surface area contributed by atoms with Crippen LogP contribution in [0.3, 0.4) is 0 Å². The molecule has 0 spiro atoms. The number of nitrogens with zero attached hydrogens (tertiary/aromatic N) is 2. The number of hydrazone groups is 1. The maximum atomic E-state index is 12.6. The van der Waals surface area contributed by atoms with Crippen molar-refractivity contribution in [2.24, 2.45) is 5.10 Å². The van der Waals surface area contributed by atoms with Gasteiger partial charge in [0.2, 0.25) is 0 Å². The summed E-state index contributed by atoms with van der Waals surface area (Å²) in [4.78, 5) is 25.4. The van der Waals surface area contributed by atoms with Crippen LogP contribution >= 0.6 is 35.0 Å². The molecular weight excluding hydrogens is 445 g/mol. The third-order valence-corrected chi connectivity index (χ3v) is 6.11. The third kappa shape index (κ3) is 3.84. The van der Waals surface area contributed by atoms with Crippen molar-refractivity contribution in [1.82, 2.24) is 10.3 Å². The summed E-state index contributed by atoms with van der Waals surface area (Å²) in [5, 5.41) is 10.5. The van der Waals surface area contributed by atoms with Crippen molar-refractivity contribution in [1.29, 1.82) is 0 Å². The first-order valence-electron chi connectivity index (χ1n) is 8.86. The summed E-state index contributed by atoms with van der Waals surface area (Å²) in [6, 6.07) is 12.2. The van der Waals surface area contributed by atoms with Gasteiger partial charge < -0.3 is 10.1 Å². The Morgan fingerprint density at radius 1 is 1.13 bits per heavy atom. The van der Waals surface area contributed by atoms with E-state index in [1.54, 1.807) is 47.5 Å². The molecular formula is C21H15Cl2N3O3S. The quantitative estimate of drug-likeness (QED) is 0.681. The summed E-state index contributed by atoms with van der Waals surface area (Å²) in [6.45, 7) is 0.201. The van der Waals surface area contributed by atoms with Crippen LogP contribution < -0.4 is 5.32 Å². The summed E-state index contributed by atoms with van der Waals surface area (Å²) in [6.07, 6.45) is 3.58. The Kier molecular flexibility index (Phi) is 5.85. The van der Waals surface area contributed by atoms with Gasteiger partial charge in [-0.25, -0.2) is 9.80 Å². The van der Waals surface area contributed by atoms with Gasteiger partial charge in [-0.1, -0.05) is 53.2 Å². The van der Waals surface area contributed by atoms with Crippen molar-refractivity contribution in [3.8, 4) is 0 Å². The molecule has 152 valence electrons. The predicted octanol–water partition coefficient (Wildman–Crippen LogP) is 4.56. The number of hydrogen-bond acceptors (Lipinski definition) is 6. The Hall–Kier alpha value is -2.74. The largest absolute Gasteiger partial charge is 0.465 e. The maximum Gasteiger partial charge on any atom is 0.339 e. The zero-order valence-electron chi connectivity index (χ0n) is 15.7. The van der Waals surface area contributed by atoms with Crippen LogP contribution in [0.1, 0.15) is 15.9 Å². The number of ether oxygens (including phenoxy) is 1. The fourth-order valence-electron chi connectivity index (χ4n) is 3.11. The predicted molar refractivity (Wildman–Crippen MR) is 118 cm³/mol. The third-order valence-electron chi connectivity index (χ3n) is 4.47. The minimum atomic E-state index is -0.417. The fourth-order valence-corrected chi connectivity index (χ4v) is 4.60. The maximum absolute atomic E-state index is 12.6. The van der Waals surface area contributed by atoms with Crippen molar-refractivity contribution in [3.05, 3.63) is 81.5 Å². The monoisotopic (exact) mass is 459 g/mol. The molecule has 0 unspecified atom stereocenters. The molecule has 6 nitrogen and oxygen atoms in total. The summed E-state index contributed by atoms with van der Waals surface area (Å²) in [7, 11) is 1.34. The van der Waals surface area contributed by atoms with E-state index in [0.717, 1.165) is 4.90 Å². The number of carbonyl (C=O) groups excluding carboxylic acids is 2. The van der Waals surface area contributed by atoms with E-state index >= 15 is 0 Å². The Bertz CT molecular complexity index is 1120. The molecule has 0 atom stereocenters. The van der Waals surface area contributed by atoms with Crippen molar-refractivity contribution < 1.29 is 14.3 Å². The highest BCUT2D eigenvalue weighted by atomic mass is 35.5. The highest BCUT2D eigenvalue weighted by Gasteiger charge is 2.30. The molecule has 0 bridgehead atoms. The van der Waals surface area contributed by atoms with E-state index in [1.165, 1.54) is 18.9 Å². The lowest BCUT2D eigenvalue weighted by Gasteiger charge is -2.31. The highest BCUT2D eigenvalue weighted by molar-refractivity contribution is 8.14. The first-order chi connectivity index (χ1) is 14.5. The first kappa shape index (κ1) is 20.5. The lowest BCUT2D eigenvalue weighted by atomic mass is 10.0. The van der Waals surface area contributed by atoms with Gasteiger partial charge in [0, 0.05) is 10.5 Å². The summed E-state index contributed by atoms with van der Waals surface area (Å²) >= 11 is 14.0. The zero-order valence-corrected chi connectivity index (χ0v) is 18.0. The average molecular weight is 460 g/mol. The van der Waals surface area contributed by atoms with Crippen molar-refractivity contribution in [3.63, 3.8) is 0 Å². The molecule has 2 aliphatic heterocycles. The Labute approximate surface area is 187 Å². The second-order valence-electron chi connectivity index (χ2n) is 6.28. The van der Waals surface area contributed by atoms with Crippen LogP contribution in [0.5, 0.6) is 0 Å². The molecule has 0 fully saturated rings. The molecule has 2 heterocycles. The van der Waals surface area contributed by atoms with E-state index in [2.05, 4.69) is 10.4 Å². The van der Waals surface area contributed by atoms with Crippen LogP contribution in [0.15, 0.2) is 70.3 Å². The molecule has 1 amide bonds. The molecule has 0 saturated heterocycles. The molecule has 0 aliphatic carbocycles. The average Bonchev–Trinajstić information content (AvgIpc) is 2.75. The highest BCUT2D eigenvalue weighted by Crippen LogP contribution is 2.37. The van der Waals surface area contributed by atoms with E-state index in [-0.39, 0.29) is 12.6 Å². The molecule has 0 radical (unpaired) electrons. The number of amides is 1. The van der Waals surface area contributed by atoms with E-state index in [0.29, 0.717) is 37.5 Å². The number of benzene rings is 2. The van der Waals surface area contributed by atoms with E-state index in [1.807, 2.05) is 12.1 Å². The van der Waals surface area contributed by atoms with Crippen LogP contribution in [-0.4, -0.2) is 35.7 Å². The number of halogens is 2. The van der Waals surface area contributed by atoms with Gasteiger partial charge in [0.15, 0.2) is 0 Å². The molecule has 1 N–H and O–H groups in total. The number of allylic oxidation sites excluding steroid dienone is 1. The van der Waals surface area contributed by atoms with E-state index < -0.39 is 5.97 Å². The molecule has 0 aromatic heterocycles. The van der Waals surface area contributed by atoms with Crippen LogP contribution in [0, 0.1) is 0 Å². The zero-order chi connectivity index (χ0) is 21.3. The molecule has 2 aromatic rings. The number of rotatable bonds is 3. The summed E-state index contributed by atoms with van der Waals surface area (Å²) in [5.41, 5.74) is 1.87. The van der Waals surface area contributed by atoms with E-state index in [9.17, 15) is 9.59 Å².